The molecule has 4 rings (SSSR count). The van der Waals surface area contributed by atoms with Gasteiger partial charge in [-0.2, -0.15) is 0 Å². The summed E-state index contributed by atoms with van der Waals surface area (Å²) < 4.78 is 24.8. The second kappa shape index (κ2) is 11.8. The molecule has 0 spiro atoms. The van der Waals surface area contributed by atoms with Crippen LogP contribution in [0.3, 0.4) is 0 Å². The van der Waals surface area contributed by atoms with Crippen LogP contribution >= 0.6 is 0 Å². The highest BCUT2D eigenvalue weighted by molar-refractivity contribution is 6.05. The SMILES string of the molecule is C[C@H]1CN(Cc2ccc(N(C)C(=O)c3ccc(Oc4ccccc4F)nc3)cc2)CCN1C(=O)OC(C)(C)C. The number of carbonyl (C=O) groups is 2. The Morgan fingerprint density at radius 1 is 1.05 bits per heavy atom. The number of piperazine rings is 1. The molecule has 39 heavy (non-hydrogen) atoms. The summed E-state index contributed by atoms with van der Waals surface area (Å²) in [6.07, 6.45) is 1.15. The fourth-order valence-electron chi connectivity index (χ4n) is 4.37. The lowest BCUT2D eigenvalue weighted by Crippen LogP contribution is -2.54. The number of rotatable bonds is 6. The highest BCUT2D eigenvalue weighted by Gasteiger charge is 2.30. The molecular weight excluding hydrogens is 499 g/mol. The molecule has 1 aromatic heterocycles. The molecule has 1 aliphatic rings. The van der Waals surface area contributed by atoms with Crippen LogP contribution < -0.4 is 9.64 Å². The summed E-state index contributed by atoms with van der Waals surface area (Å²) >= 11 is 0. The monoisotopic (exact) mass is 534 g/mol. The summed E-state index contributed by atoms with van der Waals surface area (Å²) in [7, 11) is 1.71. The topological polar surface area (TPSA) is 75.2 Å². The number of hydrogen-bond acceptors (Lipinski definition) is 6. The van der Waals surface area contributed by atoms with Crippen LogP contribution in [-0.2, 0) is 11.3 Å². The number of nitrogens with zero attached hydrogens (tertiary/aromatic N) is 4. The number of pyridine rings is 1. The van der Waals surface area contributed by atoms with Gasteiger partial charge in [-0.3, -0.25) is 9.69 Å². The molecule has 2 aromatic carbocycles. The minimum atomic E-state index is -0.512. The first kappa shape index (κ1) is 28.0. The molecule has 2 amide bonds. The number of hydrogen-bond donors (Lipinski definition) is 0. The number of carbonyl (C=O) groups excluding carboxylic acids is 2. The summed E-state index contributed by atoms with van der Waals surface area (Å²) in [5, 5.41) is 0. The number of para-hydroxylation sites is 1. The van der Waals surface area contributed by atoms with Gasteiger partial charge in [0.05, 0.1) is 5.56 Å². The van der Waals surface area contributed by atoms with Crippen LogP contribution in [0, 0.1) is 5.82 Å². The molecule has 0 saturated carbocycles. The predicted octanol–water partition coefficient (Wildman–Crippen LogP) is 5.73. The lowest BCUT2D eigenvalue weighted by atomic mass is 10.1. The average molecular weight is 535 g/mol. The number of benzene rings is 2. The summed E-state index contributed by atoms with van der Waals surface area (Å²) in [6, 6.07) is 17.1. The van der Waals surface area contributed by atoms with Gasteiger partial charge in [-0.05, 0) is 63.6 Å². The Morgan fingerprint density at radius 2 is 1.77 bits per heavy atom. The zero-order valence-corrected chi connectivity index (χ0v) is 23.1. The van der Waals surface area contributed by atoms with Crippen LogP contribution in [0.2, 0.25) is 0 Å². The van der Waals surface area contributed by atoms with E-state index in [4.69, 9.17) is 9.47 Å². The molecule has 2 heterocycles. The van der Waals surface area contributed by atoms with Crippen molar-refractivity contribution in [1.82, 2.24) is 14.8 Å². The molecule has 1 saturated heterocycles. The van der Waals surface area contributed by atoms with Crippen LogP contribution in [0.25, 0.3) is 0 Å². The van der Waals surface area contributed by atoms with Gasteiger partial charge >= 0.3 is 6.09 Å². The Bertz CT molecular complexity index is 1290. The van der Waals surface area contributed by atoms with Crippen molar-refractivity contribution in [1.29, 1.82) is 0 Å². The third-order valence-electron chi connectivity index (χ3n) is 6.41. The maximum Gasteiger partial charge on any atom is 0.410 e. The number of halogens is 1. The molecule has 1 atom stereocenters. The molecular formula is C30H35FN4O4. The Balaban J connectivity index is 1.31. The Labute approximate surface area is 228 Å². The van der Waals surface area contributed by atoms with Gasteiger partial charge in [0, 0.05) is 57.2 Å². The van der Waals surface area contributed by atoms with Crippen molar-refractivity contribution in [3.05, 3.63) is 83.8 Å². The van der Waals surface area contributed by atoms with Gasteiger partial charge in [0.15, 0.2) is 11.6 Å². The van der Waals surface area contributed by atoms with Crippen LogP contribution in [0.4, 0.5) is 14.9 Å². The van der Waals surface area contributed by atoms with Crippen molar-refractivity contribution in [2.24, 2.45) is 0 Å². The van der Waals surface area contributed by atoms with Gasteiger partial charge in [-0.15, -0.1) is 0 Å². The van der Waals surface area contributed by atoms with E-state index in [1.807, 2.05) is 52.0 Å². The molecule has 0 N–H and O–H groups in total. The van der Waals surface area contributed by atoms with E-state index in [1.165, 1.54) is 18.3 Å². The molecule has 1 aliphatic heterocycles. The second-order valence-corrected chi connectivity index (χ2v) is 10.7. The normalized spacial score (nSPS) is 16.1. The van der Waals surface area contributed by atoms with Crippen LogP contribution in [0.15, 0.2) is 66.9 Å². The van der Waals surface area contributed by atoms with Crippen LogP contribution in [-0.4, -0.2) is 65.1 Å². The van der Waals surface area contributed by atoms with Crippen molar-refractivity contribution in [3.8, 4) is 11.6 Å². The molecule has 3 aromatic rings. The molecule has 0 aliphatic carbocycles. The van der Waals surface area contributed by atoms with E-state index in [0.717, 1.165) is 30.9 Å². The first-order valence-corrected chi connectivity index (χ1v) is 13.0. The van der Waals surface area contributed by atoms with Crippen molar-refractivity contribution in [2.45, 2.75) is 45.9 Å². The highest BCUT2D eigenvalue weighted by atomic mass is 19.1. The molecule has 206 valence electrons. The summed E-state index contributed by atoms with van der Waals surface area (Å²) in [4.78, 5) is 35.3. The summed E-state index contributed by atoms with van der Waals surface area (Å²) in [6.45, 7) is 10.5. The first-order chi connectivity index (χ1) is 18.5. The maximum atomic E-state index is 13.8. The minimum absolute atomic E-state index is 0.0498. The smallest absolute Gasteiger partial charge is 0.410 e. The fraction of sp³-hybridized carbons (Fsp3) is 0.367. The summed E-state index contributed by atoms with van der Waals surface area (Å²) in [5.74, 6) is -0.439. The number of aromatic nitrogens is 1. The van der Waals surface area contributed by atoms with E-state index >= 15 is 0 Å². The Morgan fingerprint density at radius 3 is 2.38 bits per heavy atom. The summed E-state index contributed by atoms with van der Waals surface area (Å²) in [5.41, 5.74) is 1.74. The molecule has 8 nitrogen and oxygen atoms in total. The number of anilines is 1. The fourth-order valence-corrected chi connectivity index (χ4v) is 4.37. The van der Waals surface area contributed by atoms with E-state index in [1.54, 1.807) is 41.1 Å². The largest absolute Gasteiger partial charge is 0.444 e. The average Bonchev–Trinajstić information content (AvgIpc) is 2.89. The van der Waals surface area contributed by atoms with E-state index in [-0.39, 0.29) is 29.7 Å². The van der Waals surface area contributed by atoms with Crippen LogP contribution in [0.1, 0.15) is 43.6 Å². The minimum Gasteiger partial charge on any atom is -0.444 e. The van der Waals surface area contributed by atoms with Gasteiger partial charge in [-0.25, -0.2) is 14.2 Å². The standard InChI is InChI=1S/C30H35FN4O4/c1-21-19-34(16-17-35(21)29(37)39-30(2,3)4)20-22-10-13-24(14-11-22)33(5)28(36)23-12-15-27(32-18-23)38-26-9-7-6-8-25(26)31/h6-15,18,21H,16-17,19-20H2,1-5H3/t21-/m0/s1. The molecule has 9 heteroatoms. The van der Waals surface area contributed by atoms with Crippen molar-refractivity contribution >= 4 is 17.7 Å². The Hall–Kier alpha value is -3.98. The van der Waals surface area contributed by atoms with Gasteiger partial charge < -0.3 is 19.3 Å². The van der Waals surface area contributed by atoms with E-state index in [9.17, 15) is 14.0 Å². The molecule has 0 radical (unpaired) electrons. The van der Waals surface area contributed by atoms with Crippen molar-refractivity contribution in [3.63, 3.8) is 0 Å². The van der Waals surface area contributed by atoms with E-state index in [0.29, 0.717) is 12.1 Å². The third-order valence-corrected chi connectivity index (χ3v) is 6.41. The quantitative estimate of drug-likeness (QED) is 0.402. The molecule has 0 unspecified atom stereocenters. The third kappa shape index (κ3) is 7.32. The van der Waals surface area contributed by atoms with Gasteiger partial charge in [0.25, 0.3) is 5.91 Å². The lowest BCUT2D eigenvalue weighted by molar-refractivity contribution is 0.000550. The lowest BCUT2D eigenvalue weighted by Gasteiger charge is -2.40. The second-order valence-electron chi connectivity index (χ2n) is 10.7. The van der Waals surface area contributed by atoms with Gasteiger partial charge in [0.2, 0.25) is 5.88 Å². The molecule has 1 fully saturated rings. The van der Waals surface area contributed by atoms with Crippen molar-refractivity contribution < 1.29 is 23.5 Å². The van der Waals surface area contributed by atoms with Crippen molar-refractivity contribution in [2.75, 3.05) is 31.6 Å². The van der Waals surface area contributed by atoms with Gasteiger partial charge in [-0.1, -0.05) is 24.3 Å². The van der Waals surface area contributed by atoms with Gasteiger partial charge in [0.1, 0.15) is 5.60 Å². The first-order valence-electron chi connectivity index (χ1n) is 13.0. The molecule has 0 bridgehead atoms. The maximum absolute atomic E-state index is 13.8. The predicted molar refractivity (Wildman–Crippen MR) is 148 cm³/mol. The number of amides is 2. The highest BCUT2D eigenvalue weighted by Crippen LogP contribution is 2.24. The van der Waals surface area contributed by atoms with E-state index < -0.39 is 11.4 Å². The zero-order valence-electron chi connectivity index (χ0n) is 23.1. The zero-order chi connectivity index (χ0) is 28.2. The Kier molecular flexibility index (Phi) is 8.50. The number of ether oxygens (including phenoxy) is 2. The van der Waals surface area contributed by atoms with Crippen LogP contribution in [0.5, 0.6) is 11.6 Å². The van der Waals surface area contributed by atoms with E-state index in [2.05, 4.69) is 9.88 Å².